The summed E-state index contributed by atoms with van der Waals surface area (Å²) in [5.41, 5.74) is 0. The van der Waals surface area contributed by atoms with E-state index in [4.69, 9.17) is 28.4 Å². The van der Waals surface area contributed by atoms with Gasteiger partial charge in [-0.2, -0.15) is 0 Å². The lowest BCUT2D eigenvalue weighted by atomic mass is 9.98. The predicted molar refractivity (Wildman–Crippen MR) is 233 cm³/mol. The third-order valence-electron chi connectivity index (χ3n) is 11.2. The van der Waals surface area contributed by atoms with Crippen LogP contribution in [0.15, 0.2) is 36.5 Å². The third-order valence-corrected chi connectivity index (χ3v) is 11.2. The van der Waals surface area contributed by atoms with Crippen LogP contribution in [0.3, 0.4) is 0 Å². The summed E-state index contributed by atoms with van der Waals surface area (Å²) in [7, 11) is 0. The van der Waals surface area contributed by atoms with E-state index < -0.39 is 86.7 Å². The summed E-state index contributed by atoms with van der Waals surface area (Å²) < 4.78 is 34.1. The van der Waals surface area contributed by atoms with Crippen molar-refractivity contribution in [3.8, 4) is 0 Å². The highest BCUT2D eigenvalue weighted by Crippen LogP contribution is 2.26. The molecule has 0 radical (unpaired) electrons. The second kappa shape index (κ2) is 35.5. The Morgan fingerprint density at radius 1 is 0.557 bits per heavy atom. The minimum absolute atomic E-state index is 0.0515. The maximum atomic E-state index is 12.9. The summed E-state index contributed by atoms with van der Waals surface area (Å²) in [5.74, 6) is -0.405. The van der Waals surface area contributed by atoms with Crippen LogP contribution >= 0.6 is 0 Å². The van der Waals surface area contributed by atoms with Crippen LogP contribution in [0.25, 0.3) is 0 Å². The van der Waals surface area contributed by atoms with Gasteiger partial charge in [-0.25, -0.2) is 0 Å². The zero-order valence-electron chi connectivity index (χ0n) is 37.4. The van der Waals surface area contributed by atoms with E-state index in [0.29, 0.717) is 13.0 Å². The number of rotatable bonds is 36. The summed E-state index contributed by atoms with van der Waals surface area (Å²) in [6, 6.07) is 0. The number of carbonyl (C=O) groups excluding carboxylic acids is 1. The molecule has 14 nitrogen and oxygen atoms in total. The Labute approximate surface area is 366 Å². The van der Waals surface area contributed by atoms with E-state index in [-0.39, 0.29) is 19.6 Å². The molecule has 2 aliphatic rings. The zero-order chi connectivity index (χ0) is 44.5. The number of hydrogen-bond donors (Lipinski definition) is 7. The number of aliphatic hydroxyl groups is 7. The maximum Gasteiger partial charge on any atom is 0.306 e. The molecule has 0 aromatic heterocycles. The molecule has 11 unspecified atom stereocenters. The smallest absolute Gasteiger partial charge is 0.306 e. The van der Waals surface area contributed by atoms with E-state index in [1.54, 1.807) is 0 Å². The number of unbranched alkanes of at least 4 members (excludes halogenated alkanes) is 16. The van der Waals surface area contributed by atoms with Gasteiger partial charge < -0.3 is 64.2 Å². The van der Waals surface area contributed by atoms with Gasteiger partial charge in [0.15, 0.2) is 12.6 Å². The second-order valence-corrected chi connectivity index (χ2v) is 16.6. The fourth-order valence-electron chi connectivity index (χ4n) is 7.30. The highest BCUT2D eigenvalue weighted by atomic mass is 16.7. The van der Waals surface area contributed by atoms with Crippen molar-refractivity contribution >= 4 is 5.97 Å². The molecule has 14 heteroatoms. The van der Waals surface area contributed by atoms with Crippen molar-refractivity contribution in [1.82, 2.24) is 0 Å². The van der Waals surface area contributed by atoms with E-state index in [1.807, 2.05) is 0 Å². The van der Waals surface area contributed by atoms with Gasteiger partial charge in [-0.15, -0.1) is 0 Å². The molecule has 0 aromatic carbocycles. The molecule has 2 heterocycles. The Kier molecular flexibility index (Phi) is 32.2. The van der Waals surface area contributed by atoms with Crippen molar-refractivity contribution in [3.05, 3.63) is 36.5 Å². The average molecular weight is 873 g/mol. The van der Waals surface area contributed by atoms with Crippen molar-refractivity contribution in [3.63, 3.8) is 0 Å². The van der Waals surface area contributed by atoms with Crippen LogP contribution < -0.4 is 0 Å². The minimum Gasteiger partial charge on any atom is -0.457 e. The summed E-state index contributed by atoms with van der Waals surface area (Å²) in [6.07, 6.45) is 20.7. The van der Waals surface area contributed by atoms with Gasteiger partial charge in [0.25, 0.3) is 0 Å². The van der Waals surface area contributed by atoms with Crippen molar-refractivity contribution in [2.45, 2.75) is 223 Å². The van der Waals surface area contributed by atoms with Crippen molar-refractivity contribution in [1.29, 1.82) is 0 Å². The molecule has 61 heavy (non-hydrogen) atoms. The summed E-state index contributed by atoms with van der Waals surface area (Å²) in [5, 5.41) is 71.9. The van der Waals surface area contributed by atoms with Crippen LogP contribution in [0.1, 0.15) is 155 Å². The van der Waals surface area contributed by atoms with E-state index in [1.165, 1.54) is 70.6 Å². The van der Waals surface area contributed by atoms with E-state index in [2.05, 4.69) is 50.3 Å². The monoisotopic (exact) mass is 873 g/mol. The van der Waals surface area contributed by atoms with Crippen LogP contribution in [0.5, 0.6) is 0 Å². The Morgan fingerprint density at radius 2 is 1.07 bits per heavy atom. The van der Waals surface area contributed by atoms with E-state index in [0.717, 1.165) is 57.8 Å². The van der Waals surface area contributed by atoms with Gasteiger partial charge in [0.2, 0.25) is 0 Å². The van der Waals surface area contributed by atoms with Crippen LogP contribution in [-0.2, 0) is 33.2 Å². The first kappa shape index (κ1) is 55.3. The Bertz CT molecular complexity index is 1150. The number of carbonyl (C=O) groups is 1. The fourth-order valence-corrected chi connectivity index (χ4v) is 7.30. The summed E-state index contributed by atoms with van der Waals surface area (Å²) in [4.78, 5) is 12.9. The van der Waals surface area contributed by atoms with E-state index in [9.17, 15) is 40.5 Å². The number of esters is 1. The van der Waals surface area contributed by atoms with Crippen molar-refractivity contribution < 1.29 is 69.0 Å². The van der Waals surface area contributed by atoms with E-state index >= 15 is 0 Å². The standard InChI is InChI=1S/C47H84O14/c1-3-5-7-9-11-13-15-17-19-21-23-25-27-29-31-56-33-36(59-39(49)30-28-26-24-22-20-18-16-14-12-10-8-6-4-2)34-57-46-45(55)43(53)41(51)38(61-46)35-58-47-44(54)42(52)40(50)37(32-48)60-47/h6,8,12,14,18,20,36-38,40-48,50-55H,3-5,7,9-11,13,15-17,19,21-35H2,1-2H3/b8-6-,14-12-,20-18-. The summed E-state index contributed by atoms with van der Waals surface area (Å²) in [6.45, 7) is 3.53. The van der Waals surface area contributed by atoms with Gasteiger partial charge in [-0.1, -0.05) is 140 Å². The lowest BCUT2D eigenvalue weighted by molar-refractivity contribution is -0.332. The first-order valence-electron chi connectivity index (χ1n) is 23.6. The van der Waals surface area contributed by atoms with Crippen LogP contribution in [0, 0.1) is 0 Å². The highest BCUT2D eigenvalue weighted by molar-refractivity contribution is 5.69. The number of ether oxygens (including phenoxy) is 6. The fraction of sp³-hybridized carbons (Fsp3) is 0.851. The van der Waals surface area contributed by atoms with Gasteiger partial charge in [-0.3, -0.25) is 4.79 Å². The van der Waals surface area contributed by atoms with Crippen LogP contribution in [0.4, 0.5) is 0 Å². The zero-order valence-corrected chi connectivity index (χ0v) is 37.4. The lowest BCUT2D eigenvalue weighted by Crippen LogP contribution is -2.61. The molecule has 0 aromatic rings. The van der Waals surface area contributed by atoms with Gasteiger partial charge in [0.05, 0.1) is 26.4 Å². The molecule has 2 fully saturated rings. The molecule has 7 N–H and O–H groups in total. The quantitative estimate of drug-likeness (QED) is 0.0224. The molecule has 2 saturated heterocycles. The molecular formula is C47H84O14. The normalized spacial score (nSPS) is 27.8. The molecule has 356 valence electrons. The first-order chi connectivity index (χ1) is 29.6. The topological polar surface area (TPSA) is 214 Å². The molecule has 0 spiro atoms. The highest BCUT2D eigenvalue weighted by Gasteiger charge is 2.47. The average Bonchev–Trinajstić information content (AvgIpc) is 3.25. The lowest BCUT2D eigenvalue weighted by Gasteiger charge is -2.42. The molecule has 0 amide bonds. The number of hydrogen-bond acceptors (Lipinski definition) is 14. The molecule has 0 saturated carbocycles. The Balaban J connectivity index is 1.82. The SMILES string of the molecule is CC/C=C\C/C=C\C/C=C\CCCCCC(=O)OC(COCCCCCCCCCCCCCCCC)COC1OC(COC2OC(CO)C(O)C(O)C2O)C(O)C(O)C1O. The van der Waals surface area contributed by atoms with Crippen LogP contribution in [-0.4, -0.2) is 142 Å². The second-order valence-electron chi connectivity index (χ2n) is 16.6. The van der Waals surface area contributed by atoms with Gasteiger partial charge in [0, 0.05) is 13.0 Å². The van der Waals surface area contributed by atoms with Crippen molar-refractivity contribution in [2.24, 2.45) is 0 Å². The minimum atomic E-state index is -1.71. The van der Waals surface area contributed by atoms with Crippen LogP contribution in [0.2, 0.25) is 0 Å². The van der Waals surface area contributed by atoms with Gasteiger partial charge in [0.1, 0.15) is 54.9 Å². The number of aliphatic hydroxyl groups excluding tert-OH is 7. The molecule has 0 aliphatic carbocycles. The number of allylic oxidation sites excluding steroid dienone is 6. The maximum absolute atomic E-state index is 12.9. The largest absolute Gasteiger partial charge is 0.457 e. The molecular weight excluding hydrogens is 789 g/mol. The molecule has 11 atom stereocenters. The van der Waals surface area contributed by atoms with Gasteiger partial charge >= 0.3 is 5.97 Å². The van der Waals surface area contributed by atoms with Gasteiger partial charge in [-0.05, 0) is 44.9 Å². The van der Waals surface area contributed by atoms with Crippen molar-refractivity contribution in [2.75, 3.05) is 33.0 Å². The molecule has 2 rings (SSSR count). The Hall–Kier alpha value is -1.79. The third kappa shape index (κ3) is 24.2. The summed E-state index contributed by atoms with van der Waals surface area (Å²) >= 11 is 0. The molecule has 0 bridgehead atoms. The predicted octanol–water partition coefficient (Wildman–Crippen LogP) is 5.85. The first-order valence-corrected chi connectivity index (χ1v) is 23.6. The molecule has 2 aliphatic heterocycles. The Morgan fingerprint density at radius 3 is 1.66 bits per heavy atom.